The topological polar surface area (TPSA) is 52.8 Å². The first kappa shape index (κ1) is 18.6. The number of nitrogens with zero attached hydrogens (tertiary/aromatic N) is 7. The van der Waals surface area contributed by atoms with Gasteiger partial charge in [0.25, 0.3) is 0 Å². The van der Waals surface area contributed by atoms with Gasteiger partial charge in [-0.3, -0.25) is 0 Å². The number of likely N-dealkylation sites (tertiary alicyclic amines) is 2. The molecule has 27 heavy (non-hydrogen) atoms. The summed E-state index contributed by atoms with van der Waals surface area (Å²) in [4.78, 5) is 7.22. The van der Waals surface area contributed by atoms with Gasteiger partial charge in [-0.1, -0.05) is 6.42 Å². The number of aromatic nitrogens is 4. The first-order valence-corrected chi connectivity index (χ1v) is 10.4. The lowest BCUT2D eigenvalue weighted by Crippen LogP contribution is -2.41. The second-order valence-corrected chi connectivity index (χ2v) is 8.45. The molecule has 0 aromatic carbocycles. The molecule has 0 bridgehead atoms. The molecule has 7 nitrogen and oxygen atoms in total. The predicted molar refractivity (Wildman–Crippen MR) is 108 cm³/mol. The lowest BCUT2D eigenvalue weighted by molar-refractivity contribution is 0.141. The Balaban J connectivity index is 1.35. The van der Waals surface area contributed by atoms with Crippen LogP contribution in [-0.4, -0.2) is 83.0 Å². The zero-order valence-corrected chi connectivity index (χ0v) is 17.0. The smallest absolute Gasteiger partial charge is 0.178 e. The van der Waals surface area contributed by atoms with E-state index in [9.17, 15) is 0 Å². The van der Waals surface area contributed by atoms with E-state index in [2.05, 4.69) is 27.0 Å². The number of fused-ring (bicyclic) bond motifs is 1. The summed E-state index contributed by atoms with van der Waals surface area (Å²) < 4.78 is 1.95. The van der Waals surface area contributed by atoms with Crippen LogP contribution >= 0.6 is 0 Å². The molecule has 4 heterocycles. The Morgan fingerprint density at radius 1 is 1.04 bits per heavy atom. The molecule has 0 radical (unpaired) electrons. The normalized spacial score (nSPS) is 23.1. The average Bonchev–Trinajstić information content (AvgIpc) is 3.11. The van der Waals surface area contributed by atoms with Crippen LogP contribution in [0.2, 0.25) is 0 Å². The standard InChI is InChI=1S/C20H33N7/c1-24(2)19-8-7-18-21-22-20(27(18)23-19)16-9-13-26(14-10-16)15-11-17-6-4-5-12-25(17)3/h7-8,16-17H,4-6,9-15H2,1-3H3. The SMILES string of the molecule is CN(C)c1ccc2nnc(C3CCN(CCC4CCCCN4C)CC3)n2n1. The molecule has 2 aromatic heterocycles. The molecule has 4 rings (SSSR count). The first-order valence-electron chi connectivity index (χ1n) is 10.4. The summed E-state index contributed by atoms with van der Waals surface area (Å²) in [6.45, 7) is 4.81. The molecular formula is C20H33N7. The van der Waals surface area contributed by atoms with Crippen molar-refractivity contribution in [1.82, 2.24) is 29.6 Å². The van der Waals surface area contributed by atoms with Gasteiger partial charge in [0.05, 0.1) is 0 Å². The van der Waals surface area contributed by atoms with E-state index < -0.39 is 0 Å². The third-order valence-corrected chi connectivity index (χ3v) is 6.38. The van der Waals surface area contributed by atoms with Crippen molar-refractivity contribution in [2.75, 3.05) is 52.2 Å². The fourth-order valence-electron chi connectivity index (χ4n) is 4.54. The van der Waals surface area contributed by atoms with Gasteiger partial charge in [0.2, 0.25) is 0 Å². The van der Waals surface area contributed by atoms with Crippen LogP contribution in [0.3, 0.4) is 0 Å². The van der Waals surface area contributed by atoms with Crippen LogP contribution in [0.15, 0.2) is 12.1 Å². The molecule has 1 unspecified atom stereocenters. The molecule has 0 N–H and O–H groups in total. The zero-order valence-electron chi connectivity index (χ0n) is 17.0. The minimum Gasteiger partial charge on any atom is -0.361 e. The van der Waals surface area contributed by atoms with Crippen molar-refractivity contribution in [3.63, 3.8) is 0 Å². The molecule has 1 atom stereocenters. The van der Waals surface area contributed by atoms with Crippen molar-refractivity contribution >= 4 is 11.5 Å². The molecule has 0 aliphatic carbocycles. The second kappa shape index (κ2) is 8.10. The van der Waals surface area contributed by atoms with Gasteiger partial charge in [-0.15, -0.1) is 15.3 Å². The number of hydrogen-bond acceptors (Lipinski definition) is 6. The molecule has 2 fully saturated rings. The Morgan fingerprint density at radius 3 is 2.59 bits per heavy atom. The lowest BCUT2D eigenvalue weighted by atomic mass is 9.95. The summed E-state index contributed by atoms with van der Waals surface area (Å²) in [5.41, 5.74) is 0.846. The molecule has 0 saturated carbocycles. The van der Waals surface area contributed by atoms with Gasteiger partial charge >= 0.3 is 0 Å². The Kier molecular flexibility index (Phi) is 5.59. The number of anilines is 1. The van der Waals surface area contributed by atoms with Crippen molar-refractivity contribution in [2.24, 2.45) is 0 Å². The van der Waals surface area contributed by atoms with Gasteiger partial charge in [-0.2, -0.15) is 4.52 Å². The van der Waals surface area contributed by atoms with Crippen LogP contribution < -0.4 is 4.90 Å². The first-order chi connectivity index (χ1) is 13.1. The van der Waals surface area contributed by atoms with E-state index in [1.807, 2.05) is 35.6 Å². The van der Waals surface area contributed by atoms with Crippen molar-refractivity contribution < 1.29 is 0 Å². The Hall–Kier alpha value is -1.73. The van der Waals surface area contributed by atoms with E-state index in [-0.39, 0.29) is 0 Å². The van der Waals surface area contributed by atoms with Crippen LogP contribution in [0, 0.1) is 0 Å². The predicted octanol–water partition coefficient (Wildman–Crippen LogP) is 2.24. The van der Waals surface area contributed by atoms with Crippen LogP contribution in [-0.2, 0) is 0 Å². The highest BCUT2D eigenvalue weighted by Crippen LogP contribution is 2.28. The van der Waals surface area contributed by atoms with Crippen LogP contribution in [0.25, 0.3) is 5.65 Å². The van der Waals surface area contributed by atoms with E-state index in [0.29, 0.717) is 5.92 Å². The maximum atomic E-state index is 4.73. The van der Waals surface area contributed by atoms with E-state index in [4.69, 9.17) is 5.10 Å². The van der Waals surface area contributed by atoms with Gasteiger partial charge in [-0.25, -0.2) is 0 Å². The van der Waals surface area contributed by atoms with Gasteiger partial charge in [0.1, 0.15) is 5.82 Å². The fourth-order valence-corrected chi connectivity index (χ4v) is 4.54. The number of piperidine rings is 2. The van der Waals surface area contributed by atoms with E-state index >= 15 is 0 Å². The third-order valence-electron chi connectivity index (χ3n) is 6.38. The molecule has 2 saturated heterocycles. The number of hydrogen-bond donors (Lipinski definition) is 0. The minimum atomic E-state index is 0.457. The van der Waals surface area contributed by atoms with Gasteiger partial charge in [-0.05, 0) is 77.5 Å². The van der Waals surface area contributed by atoms with Gasteiger partial charge in [0.15, 0.2) is 11.5 Å². The largest absolute Gasteiger partial charge is 0.361 e. The average molecular weight is 372 g/mol. The monoisotopic (exact) mass is 371 g/mol. The van der Waals surface area contributed by atoms with Crippen molar-refractivity contribution in [3.8, 4) is 0 Å². The summed E-state index contributed by atoms with van der Waals surface area (Å²) in [5, 5.41) is 13.5. The molecular weight excluding hydrogens is 338 g/mol. The molecule has 7 heteroatoms. The molecule has 0 spiro atoms. The summed E-state index contributed by atoms with van der Waals surface area (Å²) in [7, 11) is 6.32. The summed E-state index contributed by atoms with van der Waals surface area (Å²) in [5.74, 6) is 2.43. The Labute approximate surface area is 162 Å². The third kappa shape index (κ3) is 4.09. The Bertz CT molecular complexity index is 748. The zero-order chi connectivity index (χ0) is 18.8. The molecule has 2 aromatic rings. The van der Waals surface area contributed by atoms with Gasteiger partial charge < -0.3 is 14.7 Å². The minimum absolute atomic E-state index is 0.457. The van der Waals surface area contributed by atoms with Gasteiger partial charge in [0, 0.05) is 26.1 Å². The highest BCUT2D eigenvalue weighted by Gasteiger charge is 2.26. The van der Waals surface area contributed by atoms with E-state index in [0.717, 1.165) is 49.3 Å². The molecule has 148 valence electrons. The van der Waals surface area contributed by atoms with E-state index in [1.54, 1.807) is 0 Å². The highest BCUT2D eigenvalue weighted by molar-refractivity contribution is 5.45. The number of rotatable bonds is 5. The highest BCUT2D eigenvalue weighted by atomic mass is 15.4. The quantitative estimate of drug-likeness (QED) is 0.803. The van der Waals surface area contributed by atoms with Crippen molar-refractivity contribution in [2.45, 2.75) is 50.5 Å². The second-order valence-electron chi connectivity index (χ2n) is 8.45. The summed E-state index contributed by atoms with van der Waals surface area (Å²) in [6.07, 6.45) is 7.75. The van der Waals surface area contributed by atoms with E-state index in [1.165, 1.54) is 38.8 Å². The lowest BCUT2D eigenvalue weighted by Gasteiger charge is -2.36. The molecule has 2 aliphatic rings. The maximum Gasteiger partial charge on any atom is 0.178 e. The molecule has 2 aliphatic heterocycles. The maximum absolute atomic E-state index is 4.73. The summed E-state index contributed by atoms with van der Waals surface area (Å²) >= 11 is 0. The van der Waals surface area contributed by atoms with Crippen LogP contribution in [0.1, 0.15) is 50.3 Å². The van der Waals surface area contributed by atoms with Crippen LogP contribution in [0.4, 0.5) is 5.82 Å². The fraction of sp³-hybridized carbons (Fsp3) is 0.750. The van der Waals surface area contributed by atoms with Crippen molar-refractivity contribution in [3.05, 3.63) is 18.0 Å². The Morgan fingerprint density at radius 2 is 1.85 bits per heavy atom. The molecule has 0 amide bonds. The van der Waals surface area contributed by atoms with Crippen molar-refractivity contribution in [1.29, 1.82) is 0 Å². The van der Waals surface area contributed by atoms with Crippen LogP contribution in [0.5, 0.6) is 0 Å². The summed E-state index contributed by atoms with van der Waals surface area (Å²) in [6, 6.07) is 4.79.